The highest BCUT2D eigenvalue weighted by Crippen LogP contribution is 2.28. The van der Waals surface area contributed by atoms with E-state index in [0.717, 1.165) is 24.4 Å². The molecule has 1 heterocycles. The van der Waals surface area contributed by atoms with Crippen LogP contribution in [0.3, 0.4) is 0 Å². The van der Waals surface area contributed by atoms with Gasteiger partial charge >= 0.3 is 0 Å². The van der Waals surface area contributed by atoms with Gasteiger partial charge in [0.05, 0.1) is 0 Å². The molecule has 1 saturated heterocycles. The Bertz CT molecular complexity index is 215. The first-order chi connectivity index (χ1) is 7.91. The summed E-state index contributed by atoms with van der Waals surface area (Å²) in [6.45, 7) is 16.5. The van der Waals surface area contributed by atoms with Crippen LogP contribution in [0.4, 0.5) is 0 Å². The minimum absolute atomic E-state index is 0.610. The molecule has 17 heavy (non-hydrogen) atoms. The summed E-state index contributed by atoms with van der Waals surface area (Å²) >= 11 is 0. The summed E-state index contributed by atoms with van der Waals surface area (Å²) in [6, 6.07) is 2.07. The maximum Gasteiger partial charge on any atom is 0.00956 e. The Labute approximate surface area is 108 Å². The van der Waals surface area contributed by atoms with Crippen molar-refractivity contribution < 1.29 is 0 Å². The number of likely N-dealkylation sites (tertiary alicyclic amines) is 1. The van der Waals surface area contributed by atoms with E-state index in [1.807, 2.05) is 0 Å². The van der Waals surface area contributed by atoms with Crippen LogP contribution < -0.4 is 5.32 Å². The Kier molecular flexibility index (Phi) is 5.94. The van der Waals surface area contributed by atoms with Crippen molar-refractivity contribution in [3.8, 4) is 0 Å². The molecule has 0 aromatic carbocycles. The van der Waals surface area contributed by atoms with Gasteiger partial charge in [0.15, 0.2) is 0 Å². The third-order valence-corrected chi connectivity index (χ3v) is 4.32. The molecule has 0 aromatic heterocycles. The zero-order chi connectivity index (χ0) is 13.0. The van der Waals surface area contributed by atoms with Crippen molar-refractivity contribution in [2.75, 3.05) is 13.1 Å². The molecule has 2 heteroatoms. The molecule has 102 valence electrons. The van der Waals surface area contributed by atoms with E-state index in [1.165, 1.54) is 19.4 Å². The van der Waals surface area contributed by atoms with Gasteiger partial charge in [-0.3, -0.25) is 4.90 Å². The number of hydrogen-bond acceptors (Lipinski definition) is 2. The average molecular weight is 240 g/mol. The van der Waals surface area contributed by atoms with Crippen LogP contribution in [0.2, 0.25) is 0 Å². The zero-order valence-electron chi connectivity index (χ0n) is 12.7. The summed E-state index contributed by atoms with van der Waals surface area (Å²) in [4.78, 5) is 2.72. The van der Waals surface area contributed by atoms with E-state index in [4.69, 9.17) is 0 Å². The van der Waals surface area contributed by atoms with E-state index in [1.54, 1.807) is 0 Å². The molecule has 0 bridgehead atoms. The SMILES string of the molecule is CC1CC(C)C(C)N(C(C)CCNC(C)C)C1. The van der Waals surface area contributed by atoms with Crippen molar-refractivity contribution in [2.24, 2.45) is 11.8 Å². The molecule has 2 nitrogen and oxygen atoms in total. The molecule has 4 atom stereocenters. The fraction of sp³-hybridized carbons (Fsp3) is 1.00. The van der Waals surface area contributed by atoms with Crippen LogP contribution in [0.5, 0.6) is 0 Å². The van der Waals surface area contributed by atoms with Gasteiger partial charge in [0.25, 0.3) is 0 Å². The molecule has 0 amide bonds. The Hall–Kier alpha value is -0.0800. The van der Waals surface area contributed by atoms with E-state index in [-0.39, 0.29) is 0 Å². The van der Waals surface area contributed by atoms with Gasteiger partial charge in [0, 0.05) is 24.7 Å². The maximum atomic E-state index is 3.53. The summed E-state index contributed by atoms with van der Waals surface area (Å²) in [5.74, 6) is 1.71. The van der Waals surface area contributed by atoms with Gasteiger partial charge in [-0.25, -0.2) is 0 Å². The molecule has 1 rings (SSSR count). The van der Waals surface area contributed by atoms with Gasteiger partial charge in [-0.15, -0.1) is 0 Å². The van der Waals surface area contributed by atoms with Crippen LogP contribution in [-0.4, -0.2) is 36.1 Å². The summed E-state index contributed by atoms with van der Waals surface area (Å²) in [6.07, 6.45) is 2.66. The van der Waals surface area contributed by atoms with Gasteiger partial charge in [-0.2, -0.15) is 0 Å². The zero-order valence-corrected chi connectivity index (χ0v) is 12.7. The van der Waals surface area contributed by atoms with Crippen molar-refractivity contribution in [3.63, 3.8) is 0 Å². The summed E-state index contributed by atoms with van der Waals surface area (Å²) < 4.78 is 0. The summed E-state index contributed by atoms with van der Waals surface area (Å²) in [7, 11) is 0. The van der Waals surface area contributed by atoms with Gasteiger partial charge in [-0.1, -0.05) is 27.7 Å². The Morgan fingerprint density at radius 3 is 2.41 bits per heavy atom. The monoisotopic (exact) mass is 240 g/mol. The quantitative estimate of drug-likeness (QED) is 0.794. The second kappa shape index (κ2) is 6.75. The number of rotatable bonds is 5. The molecule has 0 saturated carbocycles. The Balaban J connectivity index is 2.40. The highest BCUT2D eigenvalue weighted by atomic mass is 15.2. The average Bonchev–Trinajstić information content (AvgIpc) is 2.22. The van der Waals surface area contributed by atoms with E-state index in [9.17, 15) is 0 Å². The lowest BCUT2D eigenvalue weighted by molar-refractivity contribution is 0.0435. The normalized spacial score (nSPS) is 33.0. The van der Waals surface area contributed by atoms with Crippen LogP contribution in [0, 0.1) is 11.8 Å². The van der Waals surface area contributed by atoms with Crippen LogP contribution in [0.1, 0.15) is 54.4 Å². The molecule has 1 fully saturated rings. The lowest BCUT2D eigenvalue weighted by Crippen LogP contribution is -2.50. The molecule has 1 N–H and O–H groups in total. The van der Waals surface area contributed by atoms with E-state index >= 15 is 0 Å². The number of piperidine rings is 1. The molecule has 1 aliphatic heterocycles. The second-order valence-corrected chi connectivity index (χ2v) is 6.50. The molecule has 0 radical (unpaired) electrons. The lowest BCUT2D eigenvalue weighted by atomic mass is 9.85. The first-order valence-corrected chi connectivity index (χ1v) is 7.41. The topological polar surface area (TPSA) is 15.3 Å². The lowest BCUT2D eigenvalue weighted by Gasteiger charge is -2.44. The van der Waals surface area contributed by atoms with Crippen LogP contribution >= 0.6 is 0 Å². The Morgan fingerprint density at radius 1 is 1.18 bits per heavy atom. The van der Waals surface area contributed by atoms with Crippen molar-refractivity contribution >= 4 is 0 Å². The number of nitrogens with zero attached hydrogens (tertiary/aromatic N) is 1. The van der Waals surface area contributed by atoms with Crippen LogP contribution in [-0.2, 0) is 0 Å². The first-order valence-electron chi connectivity index (χ1n) is 7.41. The second-order valence-electron chi connectivity index (χ2n) is 6.50. The standard InChI is InChI=1S/C15H32N2/c1-11(2)16-8-7-14(5)17-10-12(3)9-13(4)15(17)6/h11-16H,7-10H2,1-6H3. The highest BCUT2D eigenvalue weighted by molar-refractivity contribution is 4.85. The van der Waals surface area contributed by atoms with Crippen molar-refractivity contribution in [2.45, 2.75) is 72.5 Å². The minimum atomic E-state index is 0.610. The smallest absolute Gasteiger partial charge is 0.00956 e. The predicted molar refractivity (Wildman–Crippen MR) is 76.3 cm³/mol. The Morgan fingerprint density at radius 2 is 1.82 bits per heavy atom. The molecular weight excluding hydrogens is 208 g/mol. The maximum absolute atomic E-state index is 3.53. The first kappa shape index (κ1) is 15.0. The van der Waals surface area contributed by atoms with E-state index in [2.05, 4.69) is 51.8 Å². The van der Waals surface area contributed by atoms with E-state index < -0.39 is 0 Å². The molecular formula is C15H32N2. The predicted octanol–water partition coefficient (Wildman–Crippen LogP) is 3.13. The third kappa shape index (κ3) is 4.59. The van der Waals surface area contributed by atoms with Crippen LogP contribution in [0.25, 0.3) is 0 Å². The minimum Gasteiger partial charge on any atom is -0.314 e. The molecule has 4 unspecified atom stereocenters. The number of hydrogen-bond donors (Lipinski definition) is 1. The largest absolute Gasteiger partial charge is 0.314 e. The van der Waals surface area contributed by atoms with Gasteiger partial charge in [0.1, 0.15) is 0 Å². The third-order valence-electron chi connectivity index (χ3n) is 4.32. The molecule has 0 spiro atoms. The summed E-state index contributed by atoms with van der Waals surface area (Å²) in [5, 5.41) is 3.53. The van der Waals surface area contributed by atoms with Crippen molar-refractivity contribution in [3.05, 3.63) is 0 Å². The molecule has 1 aliphatic rings. The van der Waals surface area contributed by atoms with Crippen molar-refractivity contribution in [1.29, 1.82) is 0 Å². The fourth-order valence-electron chi connectivity index (χ4n) is 3.09. The highest BCUT2D eigenvalue weighted by Gasteiger charge is 2.31. The molecule has 0 aromatic rings. The van der Waals surface area contributed by atoms with Crippen molar-refractivity contribution in [1.82, 2.24) is 10.2 Å². The fourth-order valence-corrected chi connectivity index (χ4v) is 3.09. The van der Waals surface area contributed by atoms with E-state index in [0.29, 0.717) is 12.1 Å². The van der Waals surface area contributed by atoms with Crippen LogP contribution in [0.15, 0.2) is 0 Å². The summed E-state index contributed by atoms with van der Waals surface area (Å²) in [5.41, 5.74) is 0. The van der Waals surface area contributed by atoms with Gasteiger partial charge in [0.2, 0.25) is 0 Å². The van der Waals surface area contributed by atoms with Gasteiger partial charge in [-0.05, 0) is 45.1 Å². The number of nitrogens with one attached hydrogen (secondary N) is 1. The molecule has 0 aliphatic carbocycles. The van der Waals surface area contributed by atoms with Gasteiger partial charge < -0.3 is 5.32 Å².